The Hall–Kier alpha value is -2.61. The van der Waals surface area contributed by atoms with E-state index in [9.17, 15) is 17.6 Å². The molecule has 26 heavy (non-hydrogen) atoms. The Morgan fingerprint density at radius 2 is 1.65 bits per heavy atom. The van der Waals surface area contributed by atoms with Gasteiger partial charge in [-0.25, -0.2) is 12.8 Å². The minimum atomic E-state index is -3.62. The van der Waals surface area contributed by atoms with Gasteiger partial charge in [-0.1, -0.05) is 0 Å². The first-order valence-electron chi connectivity index (χ1n) is 7.81. The smallest absolute Gasteiger partial charge is 0.255 e. The van der Waals surface area contributed by atoms with Gasteiger partial charge in [-0.3, -0.25) is 9.52 Å². The molecule has 0 aromatic heterocycles. The average Bonchev–Trinajstić information content (AvgIpc) is 2.47. The van der Waals surface area contributed by atoms with E-state index in [1.165, 1.54) is 6.07 Å². The zero-order valence-electron chi connectivity index (χ0n) is 15.0. The fraction of sp³-hybridized carbons (Fsp3) is 0.278. The number of anilines is 2. The topological polar surface area (TPSA) is 84.5 Å². The maximum Gasteiger partial charge on any atom is 0.255 e. The molecule has 0 aliphatic carbocycles. The van der Waals surface area contributed by atoms with E-state index >= 15 is 0 Å². The monoisotopic (exact) mass is 380 g/mol. The number of ether oxygens (including phenoxy) is 1. The van der Waals surface area contributed by atoms with Crippen LogP contribution in [0.5, 0.6) is 5.75 Å². The number of halogens is 1. The van der Waals surface area contributed by atoms with Gasteiger partial charge in [0.15, 0.2) is 0 Å². The van der Waals surface area contributed by atoms with Gasteiger partial charge in [0.2, 0.25) is 10.0 Å². The quantitative estimate of drug-likeness (QED) is 0.830. The van der Waals surface area contributed by atoms with Crippen LogP contribution >= 0.6 is 0 Å². The lowest BCUT2D eigenvalue weighted by molar-refractivity contribution is 0.102. The van der Waals surface area contributed by atoms with Crippen LogP contribution in [-0.4, -0.2) is 26.2 Å². The van der Waals surface area contributed by atoms with Crippen molar-refractivity contribution in [3.8, 4) is 5.75 Å². The number of rotatable bonds is 5. The molecule has 8 heteroatoms. The molecule has 0 aliphatic heterocycles. The number of amides is 1. The number of carbonyl (C=O) groups is 1. The van der Waals surface area contributed by atoms with E-state index in [0.29, 0.717) is 11.3 Å². The fourth-order valence-electron chi connectivity index (χ4n) is 2.13. The summed E-state index contributed by atoms with van der Waals surface area (Å²) in [5.74, 6) is -0.469. The summed E-state index contributed by atoms with van der Waals surface area (Å²) in [7, 11) is -3.62. The van der Waals surface area contributed by atoms with Crippen molar-refractivity contribution in [1.82, 2.24) is 0 Å². The molecule has 1 amide bonds. The lowest BCUT2D eigenvalue weighted by Gasteiger charge is -2.21. The Balaban J connectivity index is 2.19. The second kappa shape index (κ2) is 7.33. The third kappa shape index (κ3) is 6.03. The molecule has 140 valence electrons. The van der Waals surface area contributed by atoms with Gasteiger partial charge in [0.25, 0.3) is 5.91 Å². The summed E-state index contributed by atoms with van der Waals surface area (Å²) in [6, 6.07) is 9.92. The lowest BCUT2D eigenvalue weighted by atomic mass is 10.1. The third-order valence-electron chi connectivity index (χ3n) is 3.07. The highest BCUT2D eigenvalue weighted by atomic mass is 32.2. The molecule has 0 bridgehead atoms. The molecule has 0 aliphatic rings. The van der Waals surface area contributed by atoms with Gasteiger partial charge in [-0.2, -0.15) is 0 Å². The van der Waals surface area contributed by atoms with Crippen LogP contribution < -0.4 is 14.8 Å². The van der Waals surface area contributed by atoms with E-state index in [1.807, 2.05) is 20.8 Å². The number of sulfonamides is 1. The van der Waals surface area contributed by atoms with Crippen LogP contribution in [0.25, 0.3) is 0 Å². The molecule has 2 rings (SSSR count). The van der Waals surface area contributed by atoms with Crippen molar-refractivity contribution in [3.05, 3.63) is 53.8 Å². The maximum absolute atomic E-state index is 13.4. The predicted molar refractivity (Wildman–Crippen MR) is 99.6 cm³/mol. The SMILES string of the molecule is CC(C)(C)Oc1ccc(C(=O)Nc2ccc(F)cc2NS(C)(=O)=O)cc1. The van der Waals surface area contributed by atoms with Gasteiger partial charge in [-0.05, 0) is 57.2 Å². The van der Waals surface area contributed by atoms with Crippen LogP contribution in [0.15, 0.2) is 42.5 Å². The zero-order chi connectivity index (χ0) is 19.5. The Kier molecular flexibility index (Phi) is 5.56. The Labute approximate surface area is 152 Å². The minimum Gasteiger partial charge on any atom is -0.488 e. The molecule has 6 nitrogen and oxygen atoms in total. The van der Waals surface area contributed by atoms with Crippen molar-refractivity contribution in [3.63, 3.8) is 0 Å². The zero-order valence-corrected chi connectivity index (χ0v) is 15.8. The Bertz CT molecular complexity index is 904. The molecule has 0 heterocycles. The first-order chi connectivity index (χ1) is 11.9. The maximum atomic E-state index is 13.4. The normalized spacial score (nSPS) is 11.7. The van der Waals surface area contributed by atoms with Gasteiger partial charge < -0.3 is 10.1 Å². The van der Waals surface area contributed by atoms with Crippen molar-refractivity contribution in [2.45, 2.75) is 26.4 Å². The van der Waals surface area contributed by atoms with Gasteiger partial charge in [0.05, 0.1) is 17.6 Å². The van der Waals surface area contributed by atoms with Crippen LogP contribution in [0.3, 0.4) is 0 Å². The van der Waals surface area contributed by atoms with E-state index in [1.54, 1.807) is 24.3 Å². The van der Waals surface area contributed by atoms with Gasteiger partial charge >= 0.3 is 0 Å². The highest BCUT2D eigenvalue weighted by molar-refractivity contribution is 7.92. The van der Waals surface area contributed by atoms with Crippen molar-refractivity contribution in [2.24, 2.45) is 0 Å². The Morgan fingerprint density at radius 3 is 2.19 bits per heavy atom. The van der Waals surface area contributed by atoms with Crippen LogP contribution in [0.2, 0.25) is 0 Å². The molecule has 2 aromatic carbocycles. The van der Waals surface area contributed by atoms with Crippen LogP contribution in [0, 0.1) is 5.82 Å². The van der Waals surface area contributed by atoms with E-state index < -0.39 is 21.7 Å². The molecule has 0 radical (unpaired) electrons. The molecule has 0 saturated carbocycles. The van der Waals surface area contributed by atoms with Gasteiger partial charge in [0.1, 0.15) is 17.2 Å². The van der Waals surface area contributed by atoms with Gasteiger partial charge in [0, 0.05) is 11.6 Å². The summed E-state index contributed by atoms with van der Waals surface area (Å²) < 4.78 is 44.1. The summed E-state index contributed by atoms with van der Waals surface area (Å²) in [4.78, 5) is 12.4. The minimum absolute atomic E-state index is 0.0477. The van der Waals surface area contributed by atoms with Gasteiger partial charge in [-0.15, -0.1) is 0 Å². The van der Waals surface area contributed by atoms with E-state index in [-0.39, 0.29) is 17.0 Å². The summed E-state index contributed by atoms with van der Waals surface area (Å²) in [6.45, 7) is 5.75. The van der Waals surface area contributed by atoms with E-state index in [0.717, 1.165) is 18.4 Å². The first-order valence-corrected chi connectivity index (χ1v) is 9.70. The molecule has 0 atom stereocenters. The number of hydrogen-bond acceptors (Lipinski definition) is 4. The fourth-order valence-corrected chi connectivity index (χ4v) is 2.70. The molecule has 0 saturated heterocycles. The standard InChI is InChI=1S/C18H21FN2O4S/c1-18(2,3)25-14-8-5-12(6-9-14)17(22)20-15-10-7-13(19)11-16(15)21-26(4,23)24/h5-11,21H,1-4H3,(H,20,22). The molecular weight excluding hydrogens is 359 g/mol. The highest BCUT2D eigenvalue weighted by Crippen LogP contribution is 2.25. The van der Waals surface area contributed by atoms with E-state index in [4.69, 9.17) is 4.74 Å². The van der Waals surface area contributed by atoms with Crippen LogP contribution in [0.1, 0.15) is 31.1 Å². The summed E-state index contributed by atoms with van der Waals surface area (Å²) >= 11 is 0. The summed E-state index contributed by atoms with van der Waals surface area (Å²) in [5, 5.41) is 2.57. The van der Waals surface area contributed by atoms with Crippen LogP contribution in [0.4, 0.5) is 15.8 Å². The third-order valence-corrected chi connectivity index (χ3v) is 3.66. The molecule has 2 aromatic rings. The first kappa shape index (κ1) is 19.7. The Morgan fingerprint density at radius 1 is 1.04 bits per heavy atom. The molecule has 0 fully saturated rings. The largest absolute Gasteiger partial charge is 0.488 e. The molecular formula is C18H21FN2O4S. The second-order valence-corrected chi connectivity index (χ2v) is 8.51. The number of benzene rings is 2. The van der Waals surface area contributed by atoms with Crippen molar-refractivity contribution in [1.29, 1.82) is 0 Å². The van der Waals surface area contributed by atoms with Crippen molar-refractivity contribution in [2.75, 3.05) is 16.3 Å². The van der Waals surface area contributed by atoms with Crippen molar-refractivity contribution < 1.29 is 22.3 Å². The number of carbonyl (C=O) groups excluding carboxylic acids is 1. The average molecular weight is 380 g/mol. The number of hydrogen-bond donors (Lipinski definition) is 2. The summed E-state index contributed by atoms with van der Waals surface area (Å²) in [6.07, 6.45) is 0.942. The second-order valence-electron chi connectivity index (χ2n) is 6.76. The predicted octanol–water partition coefficient (Wildman–Crippen LogP) is 3.63. The summed E-state index contributed by atoms with van der Waals surface area (Å²) in [5.41, 5.74) is 0.0932. The number of nitrogens with one attached hydrogen (secondary N) is 2. The lowest BCUT2D eigenvalue weighted by Crippen LogP contribution is -2.23. The molecule has 0 unspecified atom stereocenters. The molecule has 0 spiro atoms. The van der Waals surface area contributed by atoms with E-state index in [2.05, 4.69) is 10.0 Å². The van der Waals surface area contributed by atoms with Crippen LogP contribution in [-0.2, 0) is 10.0 Å². The van der Waals surface area contributed by atoms with Crippen molar-refractivity contribution >= 4 is 27.3 Å². The highest BCUT2D eigenvalue weighted by Gasteiger charge is 2.15. The molecule has 2 N–H and O–H groups in total.